The number of nitrogens with two attached hydrogens (primary N) is 1. The first-order valence-electron chi connectivity index (χ1n) is 5.87. The van der Waals surface area contributed by atoms with Crippen molar-refractivity contribution in [1.29, 1.82) is 0 Å². The minimum absolute atomic E-state index is 0.0389. The predicted octanol–water partition coefficient (Wildman–Crippen LogP) is 1.97. The second-order valence-electron chi connectivity index (χ2n) is 4.17. The van der Waals surface area contributed by atoms with Crippen molar-refractivity contribution in [3.63, 3.8) is 0 Å². The highest BCUT2D eigenvalue weighted by molar-refractivity contribution is 9.10. The highest BCUT2D eigenvalue weighted by Crippen LogP contribution is 2.19. The van der Waals surface area contributed by atoms with Gasteiger partial charge in [-0.3, -0.25) is 0 Å². The van der Waals surface area contributed by atoms with E-state index >= 15 is 0 Å². The van der Waals surface area contributed by atoms with Crippen molar-refractivity contribution in [2.45, 2.75) is 6.54 Å². The lowest BCUT2D eigenvalue weighted by atomic mass is 10.2. The first kappa shape index (κ1) is 14.3. The van der Waals surface area contributed by atoms with Crippen LogP contribution in [0, 0.1) is 0 Å². The largest absolute Gasteiger partial charge is 0.409 e. The van der Waals surface area contributed by atoms with Crippen molar-refractivity contribution < 1.29 is 5.21 Å². The molecule has 20 heavy (non-hydrogen) atoms. The third-order valence-corrected chi connectivity index (χ3v) is 3.49. The smallest absolute Gasteiger partial charge is 0.226 e. The molecule has 2 aromatic rings. The molecule has 0 bridgehead atoms. The van der Waals surface area contributed by atoms with E-state index in [1.165, 1.54) is 0 Å². The van der Waals surface area contributed by atoms with Gasteiger partial charge in [-0.1, -0.05) is 39.3 Å². The molecule has 104 valence electrons. The van der Waals surface area contributed by atoms with Crippen LogP contribution in [-0.2, 0) is 6.54 Å². The summed E-state index contributed by atoms with van der Waals surface area (Å²) in [5, 5.41) is 11.6. The zero-order valence-corrected chi connectivity index (χ0v) is 12.4. The van der Waals surface area contributed by atoms with Crippen LogP contribution < -0.4 is 10.6 Å². The molecule has 0 saturated carbocycles. The lowest BCUT2D eigenvalue weighted by Gasteiger charge is -2.18. The average Bonchev–Trinajstić information content (AvgIpc) is 2.49. The van der Waals surface area contributed by atoms with Crippen molar-refractivity contribution in [2.24, 2.45) is 10.9 Å². The van der Waals surface area contributed by atoms with Crippen LogP contribution in [0.3, 0.4) is 0 Å². The van der Waals surface area contributed by atoms with Crippen LogP contribution in [0.1, 0.15) is 11.3 Å². The molecule has 6 nitrogen and oxygen atoms in total. The maximum Gasteiger partial charge on any atom is 0.226 e. The summed E-state index contributed by atoms with van der Waals surface area (Å²) in [5.74, 6) is 0.466. The van der Waals surface area contributed by atoms with Gasteiger partial charge in [0, 0.05) is 24.3 Å². The van der Waals surface area contributed by atoms with Gasteiger partial charge in [-0.15, -0.1) is 0 Å². The summed E-state index contributed by atoms with van der Waals surface area (Å²) in [7, 11) is 1.88. The quantitative estimate of drug-likeness (QED) is 0.386. The zero-order valence-electron chi connectivity index (χ0n) is 10.9. The third kappa shape index (κ3) is 3.24. The van der Waals surface area contributed by atoms with Gasteiger partial charge in [0.15, 0.2) is 5.84 Å². The van der Waals surface area contributed by atoms with Gasteiger partial charge in [0.05, 0.1) is 0 Å². The number of rotatable bonds is 4. The minimum Gasteiger partial charge on any atom is -0.409 e. The molecule has 1 aromatic heterocycles. The number of hydrogen-bond donors (Lipinski definition) is 2. The van der Waals surface area contributed by atoms with E-state index in [1.807, 2.05) is 36.2 Å². The normalized spacial score (nSPS) is 11.4. The predicted molar refractivity (Wildman–Crippen MR) is 80.8 cm³/mol. The molecule has 0 aliphatic heterocycles. The molecule has 0 radical (unpaired) electrons. The number of benzene rings is 1. The molecular formula is C13H14BrN5O. The molecule has 0 unspecified atom stereocenters. The molecule has 0 aliphatic carbocycles. The number of amidine groups is 1. The molecule has 0 spiro atoms. The average molecular weight is 336 g/mol. The van der Waals surface area contributed by atoms with Crippen LogP contribution in [-0.4, -0.2) is 28.1 Å². The van der Waals surface area contributed by atoms with Gasteiger partial charge in [-0.25, -0.2) is 9.97 Å². The maximum absolute atomic E-state index is 8.67. The monoisotopic (exact) mass is 335 g/mol. The molecular weight excluding hydrogens is 322 g/mol. The molecule has 0 amide bonds. The van der Waals surface area contributed by atoms with Crippen LogP contribution >= 0.6 is 15.9 Å². The summed E-state index contributed by atoms with van der Waals surface area (Å²) in [6.07, 6.45) is 1.58. The summed E-state index contributed by atoms with van der Waals surface area (Å²) >= 11 is 3.51. The minimum atomic E-state index is -0.0389. The third-order valence-electron chi connectivity index (χ3n) is 2.72. The molecule has 0 aliphatic rings. The fourth-order valence-corrected chi connectivity index (χ4v) is 2.09. The van der Waals surface area contributed by atoms with Gasteiger partial charge in [0.1, 0.15) is 5.69 Å². The Hall–Kier alpha value is -2.15. The van der Waals surface area contributed by atoms with Crippen molar-refractivity contribution >= 4 is 27.7 Å². The summed E-state index contributed by atoms with van der Waals surface area (Å²) in [6.45, 7) is 0.640. The number of hydrogen-bond acceptors (Lipinski definition) is 5. The van der Waals surface area contributed by atoms with E-state index in [0.717, 1.165) is 10.0 Å². The van der Waals surface area contributed by atoms with E-state index < -0.39 is 0 Å². The Morgan fingerprint density at radius 2 is 2.15 bits per heavy atom. The molecule has 0 atom stereocenters. The van der Waals surface area contributed by atoms with Gasteiger partial charge in [0.25, 0.3) is 0 Å². The summed E-state index contributed by atoms with van der Waals surface area (Å²) in [6, 6.07) is 9.53. The Morgan fingerprint density at radius 1 is 1.40 bits per heavy atom. The van der Waals surface area contributed by atoms with E-state index in [0.29, 0.717) is 18.2 Å². The Bertz CT molecular complexity index is 632. The van der Waals surface area contributed by atoms with Crippen LogP contribution in [0.25, 0.3) is 0 Å². The SMILES string of the molecule is CN(Cc1ccccc1Br)c1nccc(/C(N)=N/O)n1. The molecule has 2 rings (SSSR count). The number of nitrogens with zero attached hydrogens (tertiary/aromatic N) is 4. The van der Waals surface area contributed by atoms with Gasteiger partial charge >= 0.3 is 0 Å². The summed E-state index contributed by atoms with van der Waals surface area (Å²) in [5.41, 5.74) is 7.03. The molecule has 0 fully saturated rings. The van der Waals surface area contributed by atoms with E-state index in [2.05, 4.69) is 31.1 Å². The van der Waals surface area contributed by atoms with E-state index in [4.69, 9.17) is 10.9 Å². The first-order valence-corrected chi connectivity index (χ1v) is 6.66. The second kappa shape index (κ2) is 6.33. The van der Waals surface area contributed by atoms with Crippen LogP contribution in [0.5, 0.6) is 0 Å². The molecule has 1 heterocycles. The van der Waals surface area contributed by atoms with Gasteiger partial charge in [0.2, 0.25) is 5.95 Å². The maximum atomic E-state index is 8.67. The molecule has 1 aromatic carbocycles. The van der Waals surface area contributed by atoms with Crippen molar-refractivity contribution in [3.8, 4) is 0 Å². The zero-order chi connectivity index (χ0) is 14.5. The summed E-state index contributed by atoms with van der Waals surface area (Å²) < 4.78 is 1.03. The highest BCUT2D eigenvalue weighted by atomic mass is 79.9. The van der Waals surface area contributed by atoms with E-state index in [-0.39, 0.29) is 5.84 Å². The lowest BCUT2D eigenvalue weighted by molar-refractivity contribution is 0.318. The number of aromatic nitrogens is 2. The Balaban J connectivity index is 2.21. The van der Waals surface area contributed by atoms with Gasteiger partial charge < -0.3 is 15.8 Å². The number of oxime groups is 1. The number of halogens is 1. The van der Waals surface area contributed by atoms with E-state index in [1.54, 1.807) is 12.3 Å². The molecule has 7 heteroatoms. The van der Waals surface area contributed by atoms with Crippen LogP contribution in [0.15, 0.2) is 46.2 Å². The van der Waals surface area contributed by atoms with Crippen LogP contribution in [0.4, 0.5) is 5.95 Å². The highest BCUT2D eigenvalue weighted by Gasteiger charge is 2.09. The molecule has 3 N–H and O–H groups in total. The van der Waals surface area contributed by atoms with Gasteiger partial charge in [-0.05, 0) is 17.7 Å². The Morgan fingerprint density at radius 3 is 2.85 bits per heavy atom. The summed E-state index contributed by atoms with van der Waals surface area (Å²) in [4.78, 5) is 10.3. The van der Waals surface area contributed by atoms with Gasteiger partial charge in [-0.2, -0.15) is 0 Å². The number of anilines is 1. The van der Waals surface area contributed by atoms with E-state index in [9.17, 15) is 0 Å². The molecule has 0 saturated heterocycles. The first-order chi connectivity index (χ1) is 9.61. The van der Waals surface area contributed by atoms with Crippen molar-refractivity contribution in [1.82, 2.24) is 9.97 Å². The van der Waals surface area contributed by atoms with Crippen molar-refractivity contribution in [3.05, 3.63) is 52.3 Å². The fourth-order valence-electron chi connectivity index (χ4n) is 1.68. The fraction of sp³-hybridized carbons (Fsp3) is 0.154. The van der Waals surface area contributed by atoms with Crippen LogP contribution in [0.2, 0.25) is 0 Å². The Labute approximate surface area is 125 Å². The standard InChI is InChI=1S/C13H14BrN5O/c1-19(8-9-4-2-3-5-10(9)14)13-16-7-6-11(17-13)12(15)18-20/h2-7,20H,8H2,1H3,(H2,15,18). The van der Waals surface area contributed by atoms with Crippen molar-refractivity contribution in [2.75, 3.05) is 11.9 Å². The topological polar surface area (TPSA) is 87.6 Å². The second-order valence-corrected chi connectivity index (χ2v) is 5.03. The lowest BCUT2D eigenvalue weighted by Crippen LogP contribution is -2.22. The Kier molecular flexibility index (Phi) is 4.52.